The molecule has 1 aliphatic rings. The van der Waals surface area contributed by atoms with Gasteiger partial charge in [-0.3, -0.25) is 4.79 Å². The molecule has 0 bridgehead atoms. The monoisotopic (exact) mass is 274 g/mol. The molecule has 0 aromatic heterocycles. The maximum absolute atomic E-state index is 11.5. The van der Waals surface area contributed by atoms with Crippen molar-refractivity contribution in [3.8, 4) is 0 Å². The van der Waals surface area contributed by atoms with Gasteiger partial charge in [0.2, 0.25) is 5.91 Å². The number of nitrogens with zero attached hydrogens (tertiary/aromatic N) is 1. The Bertz CT molecular complexity index is 418. The van der Waals surface area contributed by atoms with Gasteiger partial charge in [0.25, 0.3) is 0 Å². The van der Waals surface area contributed by atoms with Gasteiger partial charge in [-0.2, -0.15) is 0 Å². The fraction of sp³-hybridized carbons (Fsp3) is 0.588. The van der Waals surface area contributed by atoms with E-state index < -0.39 is 0 Å². The lowest BCUT2D eigenvalue weighted by Crippen LogP contribution is -2.49. The number of benzene rings is 1. The van der Waals surface area contributed by atoms with Crippen LogP contribution < -0.4 is 5.32 Å². The van der Waals surface area contributed by atoms with Crippen molar-refractivity contribution in [2.45, 2.75) is 51.6 Å². The summed E-state index contributed by atoms with van der Waals surface area (Å²) in [6.07, 6.45) is 3.84. The van der Waals surface area contributed by atoms with E-state index in [1.165, 1.54) is 5.56 Å². The van der Waals surface area contributed by atoms with Crippen molar-refractivity contribution in [1.82, 2.24) is 10.2 Å². The van der Waals surface area contributed by atoms with Crippen LogP contribution in [-0.2, 0) is 11.2 Å². The normalized spacial score (nSPS) is 23.5. The number of rotatable bonds is 5. The van der Waals surface area contributed by atoms with E-state index in [-0.39, 0.29) is 5.91 Å². The molecule has 1 amide bonds. The summed E-state index contributed by atoms with van der Waals surface area (Å²) in [5, 5.41) is 3.13. The molecule has 2 atom stereocenters. The van der Waals surface area contributed by atoms with Crippen LogP contribution in [0.25, 0.3) is 0 Å². The highest BCUT2D eigenvalue weighted by molar-refractivity contribution is 5.75. The molecule has 1 aromatic rings. The summed E-state index contributed by atoms with van der Waals surface area (Å²) >= 11 is 0. The largest absolute Gasteiger partial charge is 0.353 e. The van der Waals surface area contributed by atoms with E-state index >= 15 is 0 Å². The molecule has 0 unspecified atom stereocenters. The molecule has 0 aliphatic carbocycles. The van der Waals surface area contributed by atoms with Gasteiger partial charge in [-0.15, -0.1) is 0 Å². The molecule has 0 saturated carbocycles. The van der Waals surface area contributed by atoms with E-state index in [4.69, 9.17) is 0 Å². The third kappa shape index (κ3) is 4.34. The molecule has 3 nitrogen and oxygen atoms in total. The Morgan fingerprint density at radius 3 is 2.75 bits per heavy atom. The molecule has 1 aromatic carbocycles. The highest BCUT2D eigenvalue weighted by atomic mass is 16.1. The third-order valence-electron chi connectivity index (χ3n) is 4.23. The Kier molecular flexibility index (Phi) is 5.60. The quantitative estimate of drug-likeness (QED) is 0.895. The molecule has 3 heteroatoms. The Balaban J connectivity index is 1.77. The van der Waals surface area contributed by atoms with Gasteiger partial charge >= 0.3 is 0 Å². The predicted octanol–water partition coefficient (Wildman–Crippen LogP) is 2.61. The predicted molar refractivity (Wildman–Crippen MR) is 82.6 cm³/mol. The second-order valence-corrected chi connectivity index (χ2v) is 5.76. The number of hydrogen-bond donors (Lipinski definition) is 1. The van der Waals surface area contributed by atoms with Crippen molar-refractivity contribution in [2.24, 2.45) is 0 Å². The number of carbonyl (C=O) groups excluding carboxylic acids is 1. The topological polar surface area (TPSA) is 32.3 Å². The van der Waals surface area contributed by atoms with Crippen LogP contribution in [0.15, 0.2) is 30.3 Å². The molecule has 1 aliphatic heterocycles. The first-order valence-corrected chi connectivity index (χ1v) is 7.76. The fourth-order valence-corrected chi connectivity index (χ4v) is 2.93. The van der Waals surface area contributed by atoms with Gasteiger partial charge in [0.15, 0.2) is 0 Å². The minimum atomic E-state index is 0.180. The first-order chi connectivity index (χ1) is 9.69. The number of nitrogens with one attached hydrogen (secondary N) is 1. The van der Waals surface area contributed by atoms with Crippen molar-refractivity contribution in [3.63, 3.8) is 0 Å². The van der Waals surface area contributed by atoms with E-state index in [2.05, 4.69) is 47.5 Å². The number of piperidine rings is 1. The van der Waals surface area contributed by atoms with Crippen LogP contribution in [-0.4, -0.2) is 36.0 Å². The Morgan fingerprint density at radius 2 is 2.10 bits per heavy atom. The smallest absolute Gasteiger partial charge is 0.219 e. The standard InChI is InChI=1S/C17H26N2O/c1-3-17(20)18-16-10-12-19(14(2)13-16)11-9-15-7-5-4-6-8-15/h4-8,14,16H,3,9-13H2,1-2H3,(H,18,20)/t14-,16-/m0/s1. The summed E-state index contributed by atoms with van der Waals surface area (Å²) in [5.74, 6) is 0.180. The lowest BCUT2D eigenvalue weighted by Gasteiger charge is -2.38. The van der Waals surface area contributed by atoms with Gasteiger partial charge < -0.3 is 10.2 Å². The summed E-state index contributed by atoms with van der Waals surface area (Å²) in [7, 11) is 0. The molecule has 1 N–H and O–H groups in total. The minimum absolute atomic E-state index is 0.180. The van der Waals surface area contributed by atoms with Gasteiger partial charge in [0.1, 0.15) is 0 Å². The molecule has 1 heterocycles. The van der Waals surface area contributed by atoms with Crippen molar-refractivity contribution >= 4 is 5.91 Å². The molecule has 0 spiro atoms. The van der Waals surface area contributed by atoms with Crippen LogP contribution in [0.4, 0.5) is 0 Å². The lowest BCUT2D eigenvalue weighted by atomic mass is 9.97. The van der Waals surface area contributed by atoms with Crippen LogP contribution >= 0.6 is 0 Å². The van der Waals surface area contributed by atoms with Crippen LogP contribution in [0.5, 0.6) is 0 Å². The summed E-state index contributed by atoms with van der Waals surface area (Å²) in [6, 6.07) is 11.6. The summed E-state index contributed by atoms with van der Waals surface area (Å²) < 4.78 is 0. The minimum Gasteiger partial charge on any atom is -0.353 e. The number of likely N-dealkylation sites (tertiary alicyclic amines) is 1. The molecular formula is C17H26N2O. The third-order valence-corrected chi connectivity index (χ3v) is 4.23. The van der Waals surface area contributed by atoms with Crippen molar-refractivity contribution in [1.29, 1.82) is 0 Å². The molecule has 2 rings (SSSR count). The SMILES string of the molecule is CCC(=O)N[C@H]1CCN(CCc2ccccc2)[C@@H](C)C1. The summed E-state index contributed by atoms with van der Waals surface area (Å²) in [5.41, 5.74) is 1.40. The van der Waals surface area contributed by atoms with Gasteiger partial charge in [0.05, 0.1) is 0 Å². The summed E-state index contributed by atoms with van der Waals surface area (Å²) in [6.45, 7) is 6.38. The second-order valence-electron chi connectivity index (χ2n) is 5.76. The van der Waals surface area contributed by atoms with E-state index in [1.807, 2.05) is 6.92 Å². The van der Waals surface area contributed by atoms with E-state index in [1.54, 1.807) is 0 Å². The molecular weight excluding hydrogens is 248 g/mol. The lowest BCUT2D eigenvalue weighted by molar-refractivity contribution is -0.121. The number of hydrogen-bond acceptors (Lipinski definition) is 2. The average Bonchev–Trinajstić information content (AvgIpc) is 2.47. The van der Waals surface area contributed by atoms with Gasteiger partial charge in [-0.05, 0) is 31.7 Å². The van der Waals surface area contributed by atoms with Crippen molar-refractivity contribution < 1.29 is 4.79 Å². The Labute approximate surface area is 122 Å². The van der Waals surface area contributed by atoms with Crippen LogP contribution in [0.1, 0.15) is 38.7 Å². The van der Waals surface area contributed by atoms with Crippen molar-refractivity contribution in [2.75, 3.05) is 13.1 Å². The Morgan fingerprint density at radius 1 is 1.35 bits per heavy atom. The van der Waals surface area contributed by atoms with Crippen LogP contribution in [0.3, 0.4) is 0 Å². The highest BCUT2D eigenvalue weighted by Crippen LogP contribution is 2.18. The van der Waals surface area contributed by atoms with Crippen molar-refractivity contribution in [3.05, 3.63) is 35.9 Å². The number of amides is 1. The molecule has 110 valence electrons. The average molecular weight is 274 g/mol. The second kappa shape index (κ2) is 7.44. The fourth-order valence-electron chi connectivity index (χ4n) is 2.93. The summed E-state index contributed by atoms with van der Waals surface area (Å²) in [4.78, 5) is 14.0. The molecule has 1 saturated heterocycles. The van der Waals surface area contributed by atoms with Gasteiger partial charge in [-0.1, -0.05) is 37.3 Å². The maximum atomic E-state index is 11.5. The van der Waals surface area contributed by atoms with Gasteiger partial charge in [0, 0.05) is 31.6 Å². The number of carbonyl (C=O) groups is 1. The van der Waals surface area contributed by atoms with E-state index in [0.717, 1.165) is 32.4 Å². The molecule has 0 radical (unpaired) electrons. The van der Waals surface area contributed by atoms with E-state index in [9.17, 15) is 4.79 Å². The zero-order valence-corrected chi connectivity index (χ0v) is 12.6. The zero-order chi connectivity index (χ0) is 14.4. The molecule has 20 heavy (non-hydrogen) atoms. The highest BCUT2D eigenvalue weighted by Gasteiger charge is 2.25. The molecule has 1 fully saturated rings. The first kappa shape index (κ1) is 15.0. The first-order valence-electron chi connectivity index (χ1n) is 7.76. The maximum Gasteiger partial charge on any atom is 0.219 e. The Hall–Kier alpha value is -1.35. The zero-order valence-electron chi connectivity index (χ0n) is 12.6. The van der Waals surface area contributed by atoms with Gasteiger partial charge in [-0.25, -0.2) is 0 Å². The van der Waals surface area contributed by atoms with Crippen LogP contribution in [0.2, 0.25) is 0 Å². The van der Waals surface area contributed by atoms with E-state index in [0.29, 0.717) is 18.5 Å². The van der Waals surface area contributed by atoms with Crippen LogP contribution in [0, 0.1) is 0 Å².